The molecular formula is C18H17NO7. The fourth-order valence-electron chi connectivity index (χ4n) is 2.12. The van der Waals surface area contributed by atoms with Crippen molar-refractivity contribution in [1.82, 2.24) is 5.32 Å². The summed E-state index contributed by atoms with van der Waals surface area (Å²) in [7, 11) is 0. The number of benzene rings is 2. The Bertz CT molecular complexity index is 802. The van der Waals surface area contributed by atoms with E-state index in [1.165, 1.54) is 18.2 Å². The lowest BCUT2D eigenvalue weighted by Crippen LogP contribution is -2.43. The third kappa shape index (κ3) is 4.58. The van der Waals surface area contributed by atoms with Gasteiger partial charge in [0.2, 0.25) is 0 Å². The number of carboxylic acids is 1. The molecule has 8 nitrogen and oxygen atoms in total. The highest BCUT2D eigenvalue weighted by Crippen LogP contribution is 2.26. The summed E-state index contributed by atoms with van der Waals surface area (Å²) in [5.41, 5.74) is 0.963. The standard InChI is InChI=1S/C18H17NO7/c20-8-13-15(22)2-1-3-16(13)26-10-11-4-6-12(7-5-11)17(23)19-14(9-21)18(24)25/h1-8,14,21-22H,9-10H2,(H,19,23)(H,24,25)/t14-/m0/s1. The lowest BCUT2D eigenvalue weighted by molar-refractivity contribution is -0.140. The number of nitrogens with one attached hydrogen (secondary N) is 1. The minimum absolute atomic E-state index is 0.0483. The topological polar surface area (TPSA) is 133 Å². The van der Waals surface area contributed by atoms with Crippen molar-refractivity contribution >= 4 is 18.2 Å². The van der Waals surface area contributed by atoms with E-state index in [1.54, 1.807) is 24.3 Å². The predicted molar refractivity (Wildman–Crippen MR) is 90.2 cm³/mol. The zero-order valence-corrected chi connectivity index (χ0v) is 13.6. The number of aldehydes is 1. The molecule has 0 aliphatic rings. The third-order valence-electron chi connectivity index (χ3n) is 3.56. The number of ether oxygens (including phenoxy) is 1. The van der Waals surface area contributed by atoms with E-state index in [4.69, 9.17) is 14.9 Å². The Morgan fingerprint density at radius 2 is 1.85 bits per heavy atom. The van der Waals surface area contributed by atoms with Gasteiger partial charge in [0.25, 0.3) is 5.91 Å². The van der Waals surface area contributed by atoms with Gasteiger partial charge in [-0.15, -0.1) is 0 Å². The van der Waals surface area contributed by atoms with Crippen molar-refractivity contribution in [3.8, 4) is 11.5 Å². The summed E-state index contributed by atoms with van der Waals surface area (Å²) >= 11 is 0. The van der Waals surface area contributed by atoms with Gasteiger partial charge in [-0.3, -0.25) is 9.59 Å². The molecule has 0 radical (unpaired) electrons. The van der Waals surface area contributed by atoms with Crippen LogP contribution in [-0.2, 0) is 11.4 Å². The van der Waals surface area contributed by atoms with Gasteiger partial charge in [-0.25, -0.2) is 4.79 Å². The Hall–Kier alpha value is -3.39. The monoisotopic (exact) mass is 359 g/mol. The summed E-state index contributed by atoms with van der Waals surface area (Å²) in [6.45, 7) is -0.615. The van der Waals surface area contributed by atoms with Crippen molar-refractivity contribution in [3.63, 3.8) is 0 Å². The van der Waals surface area contributed by atoms with E-state index in [0.717, 1.165) is 0 Å². The van der Waals surface area contributed by atoms with E-state index in [0.29, 0.717) is 11.8 Å². The van der Waals surface area contributed by atoms with Gasteiger partial charge in [0.1, 0.15) is 18.1 Å². The quantitative estimate of drug-likeness (QED) is 0.516. The molecule has 136 valence electrons. The summed E-state index contributed by atoms with van der Waals surface area (Å²) in [5.74, 6) is -1.91. The van der Waals surface area contributed by atoms with Gasteiger partial charge >= 0.3 is 5.97 Å². The van der Waals surface area contributed by atoms with Gasteiger partial charge in [-0.1, -0.05) is 18.2 Å². The smallest absolute Gasteiger partial charge is 0.328 e. The molecule has 0 bridgehead atoms. The molecule has 0 unspecified atom stereocenters. The Morgan fingerprint density at radius 1 is 1.15 bits per heavy atom. The highest BCUT2D eigenvalue weighted by molar-refractivity contribution is 5.96. The molecule has 1 atom stereocenters. The Kier molecular flexibility index (Phi) is 6.29. The van der Waals surface area contributed by atoms with Crippen LogP contribution in [0, 0.1) is 0 Å². The number of aliphatic hydroxyl groups is 1. The third-order valence-corrected chi connectivity index (χ3v) is 3.56. The van der Waals surface area contributed by atoms with E-state index in [2.05, 4.69) is 5.32 Å². The molecule has 0 aromatic heterocycles. The molecule has 0 spiro atoms. The van der Waals surface area contributed by atoms with Crippen LogP contribution in [0.1, 0.15) is 26.3 Å². The number of aromatic hydroxyl groups is 1. The van der Waals surface area contributed by atoms with Crippen molar-refractivity contribution in [2.75, 3.05) is 6.61 Å². The van der Waals surface area contributed by atoms with Gasteiger partial charge < -0.3 is 25.4 Å². The average molecular weight is 359 g/mol. The fraction of sp³-hybridized carbons (Fsp3) is 0.167. The molecular weight excluding hydrogens is 342 g/mol. The highest BCUT2D eigenvalue weighted by Gasteiger charge is 2.19. The van der Waals surface area contributed by atoms with E-state index in [9.17, 15) is 19.5 Å². The molecule has 2 rings (SSSR count). The zero-order valence-electron chi connectivity index (χ0n) is 13.6. The van der Waals surface area contributed by atoms with Crippen LogP contribution < -0.4 is 10.1 Å². The number of hydrogen-bond acceptors (Lipinski definition) is 6. The van der Waals surface area contributed by atoms with E-state index < -0.39 is 24.5 Å². The second-order valence-corrected chi connectivity index (χ2v) is 5.34. The maximum Gasteiger partial charge on any atom is 0.328 e. The maximum atomic E-state index is 11.9. The molecule has 0 heterocycles. The van der Waals surface area contributed by atoms with Crippen molar-refractivity contribution in [2.24, 2.45) is 0 Å². The molecule has 0 saturated carbocycles. The summed E-state index contributed by atoms with van der Waals surface area (Å²) in [4.78, 5) is 33.8. The first kappa shape index (κ1) is 18.9. The average Bonchev–Trinajstić information content (AvgIpc) is 2.64. The van der Waals surface area contributed by atoms with Crippen LogP contribution in [0.25, 0.3) is 0 Å². The molecule has 1 amide bonds. The SMILES string of the molecule is O=Cc1c(O)cccc1OCc1ccc(C(=O)N[C@@H](CO)C(=O)O)cc1. The van der Waals surface area contributed by atoms with Crippen LogP contribution in [0.3, 0.4) is 0 Å². The normalized spacial score (nSPS) is 11.4. The number of amides is 1. The van der Waals surface area contributed by atoms with Gasteiger partial charge in [-0.05, 0) is 29.8 Å². The van der Waals surface area contributed by atoms with Crippen LogP contribution in [0.2, 0.25) is 0 Å². The lowest BCUT2D eigenvalue weighted by Gasteiger charge is -2.12. The first-order valence-electron chi connectivity index (χ1n) is 7.59. The summed E-state index contributed by atoms with van der Waals surface area (Å²) < 4.78 is 5.51. The molecule has 8 heteroatoms. The summed E-state index contributed by atoms with van der Waals surface area (Å²) in [6.07, 6.45) is 0.498. The summed E-state index contributed by atoms with van der Waals surface area (Å²) in [6, 6.07) is 9.26. The van der Waals surface area contributed by atoms with Crippen LogP contribution in [0.4, 0.5) is 0 Å². The summed E-state index contributed by atoms with van der Waals surface area (Å²) in [5, 5.41) is 29.5. The number of carbonyl (C=O) groups is 3. The number of phenols is 1. The van der Waals surface area contributed by atoms with Crippen molar-refractivity contribution in [3.05, 3.63) is 59.2 Å². The van der Waals surface area contributed by atoms with E-state index in [-0.39, 0.29) is 29.2 Å². The molecule has 0 fully saturated rings. The molecule has 4 N–H and O–H groups in total. The number of phenolic OH excluding ortho intramolecular Hbond substituents is 1. The first-order chi connectivity index (χ1) is 12.5. The molecule has 0 aliphatic carbocycles. The largest absolute Gasteiger partial charge is 0.507 e. The molecule has 2 aromatic rings. The highest BCUT2D eigenvalue weighted by atomic mass is 16.5. The van der Waals surface area contributed by atoms with Crippen molar-refractivity contribution < 1.29 is 34.4 Å². The Labute approximate surface area is 148 Å². The molecule has 2 aromatic carbocycles. The molecule has 0 saturated heterocycles. The van der Waals surface area contributed by atoms with Gasteiger partial charge in [0, 0.05) is 5.56 Å². The number of aliphatic carboxylic acids is 1. The molecule has 26 heavy (non-hydrogen) atoms. The van der Waals surface area contributed by atoms with E-state index in [1.807, 2.05) is 0 Å². The van der Waals surface area contributed by atoms with Gasteiger partial charge in [-0.2, -0.15) is 0 Å². The second-order valence-electron chi connectivity index (χ2n) is 5.34. The second kappa shape index (κ2) is 8.63. The first-order valence-corrected chi connectivity index (χ1v) is 7.59. The lowest BCUT2D eigenvalue weighted by atomic mass is 10.1. The Balaban J connectivity index is 2.02. The maximum absolute atomic E-state index is 11.9. The van der Waals surface area contributed by atoms with Gasteiger partial charge in [0.05, 0.1) is 12.2 Å². The van der Waals surface area contributed by atoms with Crippen molar-refractivity contribution in [2.45, 2.75) is 12.6 Å². The van der Waals surface area contributed by atoms with Crippen LogP contribution in [0.5, 0.6) is 11.5 Å². The minimum atomic E-state index is -1.38. The number of aliphatic hydroxyl groups excluding tert-OH is 1. The minimum Gasteiger partial charge on any atom is -0.507 e. The number of carbonyl (C=O) groups excluding carboxylic acids is 2. The van der Waals surface area contributed by atoms with E-state index >= 15 is 0 Å². The number of hydrogen-bond donors (Lipinski definition) is 4. The van der Waals surface area contributed by atoms with Crippen LogP contribution in [0.15, 0.2) is 42.5 Å². The predicted octanol–water partition coefficient (Wildman–Crippen LogP) is 0.959. The zero-order chi connectivity index (χ0) is 19.1. The van der Waals surface area contributed by atoms with Crippen LogP contribution in [-0.4, -0.2) is 46.1 Å². The number of rotatable bonds is 8. The fourth-order valence-corrected chi connectivity index (χ4v) is 2.12. The van der Waals surface area contributed by atoms with Crippen LogP contribution >= 0.6 is 0 Å². The van der Waals surface area contributed by atoms with Crippen molar-refractivity contribution in [1.29, 1.82) is 0 Å². The number of carboxylic acid groups (broad SMARTS) is 1. The van der Waals surface area contributed by atoms with Gasteiger partial charge in [0.15, 0.2) is 12.3 Å². The Morgan fingerprint density at radius 3 is 2.42 bits per heavy atom. The molecule has 0 aliphatic heterocycles.